The monoisotopic (exact) mass is 450 g/mol. The van der Waals surface area contributed by atoms with Crippen molar-refractivity contribution in [3.8, 4) is 0 Å². The fourth-order valence-corrected chi connectivity index (χ4v) is 2.67. The van der Waals surface area contributed by atoms with Gasteiger partial charge in [0.25, 0.3) is 0 Å². The number of rotatable bonds is 11. The van der Waals surface area contributed by atoms with Gasteiger partial charge in [0.1, 0.15) is 0 Å². The molecular formula is C26H31BrN2. The molecule has 0 amide bonds. The van der Waals surface area contributed by atoms with E-state index < -0.39 is 0 Å². The smallest absolute Gasteiger partial charge is 0.160 e. The lowest BCUT2D eigenvalue weighted by molar-refractivity contribution is 0.879. The molecule has 152 valence electrons. The van der Waals surface area contributed by atoms with Gasteiger partial charge in [0.15, 0.2) is 5.82 Å². The predicted octanol–water partition coefficient (Wildman–Crippen LogP) is 7.77. The summed E-state index contributed by atoms with van der Waals surface area (Å²) < 4.78 is 0. The van der Waals surface area contributed by atoms with Crippen molar-refractivity contribution in [3.63, 3.8) is 0 Å². The summed E-state index contributed by atoms with van der Waals surface area (Å²) in [6.45, 7) is 14.0. The van der Waals surface area contributed by atoms with Crippen LogP contribution in [0, 0.1) is 0 Å². The molecule has 2 nitrogen and oxygen atoms in total. The van der Waals surface area contributed by atoms with E-state index in [2.05, 4.69) is 67.2 Å². The molecule has 0 spiro atoms. The van der Waals surface area contributed by atoms with Gasteiger partial charge < -0.3 is 0 Å². The summed E-state index contributed by atoms with van der Waals surface area (Å²) >= 11 is 3.44. The zero-order valence-corrected chi connectivity index (χ0v) is 19.3. The highest BCUT2D eigenvalue weighted by Crippen LogP contribution is 2.24. The molecule has 0 saturated carbocycles. The number of hydrogen-bond donors (Lipinski definition) is 0. The molecule has 0 aliphatic heterocycles. The molecule has 0 bridgehead atoms. The van der Waals surface area contributed by atoms with Crippen molar-refractivity contribution in [2.45, 2.75) is 33.1 Å². The van der Waals surface area contributed by atoms with E-state index in [0.717, 1.165) is 34.3 Å². The zero-order valence-electron chi connectivity index (χ0n) is 17.7. The van der Waals surface area contributed by atoms with Gasteiger partial charge in [-0.1, -0.05) is 116 Å². The fraction of sp³-hybridized carbons (Fsp3) is 0.231. The van der Waals surface area contributed by atoms with Crippen LogP contribution in [0.25, 0.3) is 11.1 Å². The number of hydrogen-bond acceptors (Lipinski definition) is 2. The zero-order chi connectivity index (χ0) is 21.5. The third-order valence-electron chi connectivity index (χ3n) is 4.02. The Morgan fingerprint density at radius 2 is 1.90 bits per heavy atom. The molecule has 0 radical (unpaired) electrons. The maximum absolute atomic E-state index is 4.83. The summed E-state index contributed by atoms with van der Waals surface area (Å²) in [4.78, 5) is 9.65. The lowest BCUT2D eigenvalue weighted by Gasteiger charge is -2.12. The molecule has 0 aliphatic rings. The molecule has 1 aromatic heterocycles. The van der Waals surface area contributed by atoms with Gasteiger partial charge in [-0.2, -0.15) is 0 Å². The lowest BCUT2D eigenvalue weighted by Crippen LogP contribution is -2.04. The fourth-order valence-electron chi connectivity index (χ4n) is 2.48. The maximum Gasteiger partial charge on any atom is 0.160 e. The average Bonchev–Trinajstić information content (AvgIpc) is 2.74. The van der Waals surface area contributed by atoms with E-state index in [-0.39, 0.29) is 5.92 Å². The summed E-state index contributed by atoms with van der Waals surface area (Å²) in [6, 6.07) is 2.05. The minimum atomic E-state index is 0.148. The molecule has 29 heavy (non-hydrogen) atoms. The summed E-state index contributed by atoms with van der Waals surface area (Å²) in [7, 11) is 0. The van der Waals surface area contributed by atoms with Crippen molar-refractivity contribution in [2.24, 2.45) is 0 Å². The topological polar surface area (TPSA) is 25.8 Å². The van der Waals surface area contributed by atoms with Crippen LogP contribution in [-0.4, -0.2) is 15.3 Å². The largest absolute Gasteiger partial charge is 0.232 e. The van der Waals surface area contributed by atoms with Gasteiger partial charge in [-0.05, 0) is 25.0 Å². The Morgan fingerprint density at radius 3 is 2.52 bits per heavy atom. The summed E-state index contributed by atoms with van der Waals surface area (Å²) in [6.07, 6.45) is 25.0. The minimum absolute atomic E-state index is 0.148. The van der Waals surface area contributed by atoms with Crippen molar-refractivity contribution in [3.05, 3.63) is 109 Å². The number of aromatic nitrogens is 2. The highest BCUT2D eigenvalue weighted by molar-refractivity contribution is 9.09. The predicted molar refractivity (Wildman–Crippen MR) is 133 cm³/mol. The van der Waals surface area contributed by atoms with E-state index in [9.17, 15) is 0 Å². The van der Waals surface area contributed by atoms with Gasteiger partial charge in [-0.3, -0.25) is 0 Å². The van der Waals surface area contributed by atoms with Gasteiger partial charge in [0.2, 0.25) is 0 Å². The maximum atomic E-state index is 4.83. The molecule has 3 heteroatoms. The Hall–Kier alpha value is -2.52. The van der Waals surface area contributed by atoms with Crippen LogP contribution in [-0.2, 0) is 0 Å². The van der Waals surface area contributed by atoms with Crippen LogP contribution >= 0.6 is 15.9 Å². The second-order valence-electron chi connectivity index (χ2n) is 6.28. The van der Waals surface area contributed by atoms with Gasteiger partial charge in [-0.25, -0.2) is 9.97 Å². The van der Waals surface area contributed by atoms with Gasteiger partial charge in [-0.15, -0.1) is 0 Å². The van der Waals surface area contributed by atoms with E-state index in [0.29, 0.717) is 5.82 Å². The highest BCUT2D eigenvalue weighted by atomic mass is 79.9. The number of allylic oxidation sites excluding steroid dienone is 14. The Bertz CT molecular complexity index is 851. The van der Waals surface area contributed by atoms with E-state index in [1.165, 1.54) is 0 Å². The molecule has 0 saturated heterocycles. The third-order valence-corrected chi connectivity index (χ3v) is 4.40. The standard InChI is InChI=1S/C26H31BrN2/c1-6-10-12-13-16-21(5)24-20-25(23(15-8-3)18-14-19-27)29-26(28-24)22(9-4)17-11-7-2/h7-18,20-21H,3-4,6,19H2,1-2,5H3/b11-7-,12-10-,16-13-,18-14-,22-17+,23-15+. The van der Waals surface area contributed by atoms with Crippen LogP contribution in [0.5, 0.6) is 0 Å². The third kappa shape index (κ3) is 8.57. The van der Waals surface area contributed by atoms with Crippen LogP contribution < -0.4 is 0 Å². The molecule has 1 aromatic rings. The minimum Gasteiger partial charge on any atom is -0.232 e. The SMILES string of the molecule is C=C/C=C(\C=C/CBr)c1cc(C(C)/C=C\C=C/CC)nc(/C(C=C)=C/C=C\C)n1. The van der Waals surface area contributed by atoms with Crippen LogP contribution in [0.2, 0.25) is 0 Å². The van der Waals surface area contributed by atoms with E-state index >= 15 is 0 Å². The van der Waals surface area contributed by atoms with Crippen molar-refractivity contribution in [2.75, 3.05) is 5.33 Å². The number of halogens is 1. The molecule has 1 unspecified atom stereocenters. The first-order valence-electron chi connectivity index (χ1n) is 9.84. The van der Waals surface area contributed by atoms with Crippen LogP contribution in [0.3, 0.4) is 0 Å². The van der Waals surface area contributed by atoms with Crippen molar-refractivity contribution in [1.29, 1.82) is 0 Å². The van der Waals surface area contributed by atoms with Crippen LogP contribution in [0.1, 0.15) is 50.3 Å². The number of nitrogens with zero attached hydrogens (tertiary/aromatic N) is 2. The second-order valence-corrected chi connectivity index (χ2v) is 6.93. The molecule has 0 aliphatic carbocycles. The first-order valence-corrected chi connectivity index (χ1v) is 11.0. The van der Waals surface area contributed by atoms with Crippen molar-refractivity contribution in [1.82, 2.24) is 9.97 Å². The Morgan fingerprint density at radius 1 is 1.10 bits per heavy atom. The second kappa shape index (κ2) is 14.5. The highest BCUT2D eigenvalue weighted by Gasteiger charge is 2.12. The van der Waals surface area contributed by atoms with Crippen LogP contribution in [0.15, 0.2) is 92.1 Å². The quantitative estimate of drug-likeness (QED) is 0.254. The van der Waals surface area contributed by atoms with Crippen LogP contribution in [0.4, 0.5) is 0 Å². The van der Waals surface area contributed by atoms with E-state index in [1.807, 2.05) is 49.4 Å². The molecule has 1 rings (SSSR count). The molecule has 1 atom stereocenters. The normalized spacial score (nSPS) is 14.5. The molecule has 0 fully saturated rings. The van der Waals surface area contributed by atoms with E-state index in [4.69, 9.17) is 9.97 Å². The summed E-state index contributed by atoms with van der Waals surface area (Å²) in [5, 5.41) is 0.772. The Balaban J connectivity index is 3.57. The first kappa shape index (κ1) is 24.5. The summed E-state index contributed by atoms with van der Waals surface area (Å²) in [5.74, 6) is 0.812. The van der Waals surface area contributed by atoms with Gasteiger partial charge >= 0.3 is 0 Å². The number of alkyl halides is 1. The van der Waals surface area contributed by atoms with Crippen molar-refractivity contribution >= 4 is 27.1 Å². The Labute approximate surface area is 184 Å². The molecule has 1 heterocycles. The van der Waals surface area contributed by atoms with Gasteiger partial charge in [0.05, 0.1) is 11.4 Å². The lowest BCUT2D eigenvalue weighted by atomic mass is 10.0. The first-order chi connectivity index (χ1) is 14.1. The van der Waals surface area contributed by atoms with Crippen molar-refractivity contribution < 1.29 is 0 Å². The van der Waals surface area contributed by atoms with Gasteiger partial charge in [0, 0.05) is 16.8 Å². The summed E-state index contributed by atoms with van der Waals surface area (Å²) in [5.41, 5.74) is 3.69. The Kier molecular flexibility index (Phi) is 12.2. The average molecular weight is 451 g/mol. The molecule has 0 N–H and O–H groups in total. The molecular weight excluding hydrogens is 420 g/mol. The van der Waals surface area contributed by atoms with E-state index in [1.54, 1.807) is 12.2 Å². The molecule has 0 aromatic carbocycles.